The number of carbonyl (C=O) groups excluding carboxylic acids is 1. The van der Waals surface area contributed by atoms with Crippen molar-refractivity contribution in [2.24, 2.45) is 0 Å². The van der Waals surface area contributed by atoms with Crippen LogP contribution in [0.4, 0.5) is 22.1 Å². The van der Waals surface area contributed by atoms with Gasteiger partial charge in [0.05, 0.1) is 12.2 Å². The summed E-state index contributed by atoms with van der Waals surface area (Å²) in [6.45, 7) is 5.79. The Morgan fingerprint density at radius 3 is 2.29 bits per heavy atom. The van der Waals surface area contributed by atoms with Crippen LogP contribution in [0.15, 0.2) is 85.1 Å². The fraction of sp³-hybridized carbons (Fsp3) is 0.233. The Balaban J connectivity index is 1.47. The first-order valence-corrected chi connectivity index (χ1v) is 12.5. The summed E-state index contributed by atoms with van der Waals surface area (Å²) in [6.07, 6.45) is 1.03. The molecule has 1 amide bonds. The molecular formula is C30H33N5O3. The molecule has 0 fully saturated rings. The third-order valence-corrected chi connectivity index (χ3v) is 5.85. The summed E-state index contributed by atoms with van der Waals surface area (Å²) >= 11 is 0. The number of benzene rings is 3. The third-order valence-electron chi connectivity index (χ3n) is 5.85. The Bertz CT molecular complexity index is 1320. The number of amides is 1. The molecule has 0 bridgehead atoms. The van der Waals surface area contributed by atoms with Crippen molar-refractivity contribution in [3.63, 3.8) is 0 Å². The van der Waals surface area contributed by atoms with E-state index < -0.39 is 6.09 Å². The fourth-order valence-electron chi connectivity index (χ4n) is 3.95. The molecule has 8 heteroatoms. The molecule has 0 aliphatic rings. The molecule has 3 aromatic carbocycles. The van der Waals surface area contributed by atoms with Crippen LogP contribution in [0.5, 0.6) is 11.6 Å². The summed E-state index contributed by atoms with van der Waals surface area (Å²) in [6, 6.07) is 24.9. The number of para-hydroxylation sites is 1. The second kappa shape index (κ2) is 12.7. The van der Waals surface area contributed by atoms with Crippen molar-refractivity contribution in [3.05, 3.63) is 102 Å². The van der Waals surface area contributed by atoms with E-state index in [0.29, 0.717) is 19.1 Å². The molecule has 0 aliphatic carbocycles. The van der Waals surface area contributed by atoms with Crippen molar-refractivity contribution in [1.82, 2.24) is 14.9 Å². The molecule has 0 spiro atoms. The molecule has 8 nitrogen and oxygen atoms in total. The zero-order chi connectivity index (χ0) is 26.9. The summed E-state index contributed by atoms with van der Waals surface area (Å²) in [5, 5.41) is 3.15. The minimum Gasteiger partial charge on any atom is -0.492 e. The minimum absolute atomic E-state index is 0.153. The molecule has 0 radical (unpaired) electrons. The number of carbonyl (C=O) groups is 1. The Labute approximate surface area is 223 Å². The number of likely N-dealkylation sites (N-methyl/N-ethyl adjacent to an activating group) is 1. The highest BCUT2D eigenvalue weighted by Gasteiger charge is 2.22. The number of anilines is 3. The molecule has 196 valence electrons. The maximum absolute atomic E-state index is 13.5. The average molecular weight is 512 g/mol. The van der Waals surface area contributed by atoms with E-state index in [1.807, 2.05) is 101 Å². The molecule has 1 aromatic heterocycles. The number of nitrogens with zero attached hydrogens (tertiary/aromatic N) is 4. The number of nitrogens with one attached hydrogen (secondary N) is 1. The molecule has 0 unspecified atom stereocenters. The summed E-state index contributed by atoms with van der Waals surface area (Å²) in [4.78, 5) is 25.8. The van der Waals surface area contributed by atoms with Crippen LogP contribution < -0.4 is 19.7 Å². The lowest BCUT2D eigenvalue weighted by Crippen LogP contribution is -2.34. The first kappa shape index (κ1) is 26.6. The van der Waals surface area contributed by atoms with E-state index in [9.17, 15) is 4.79 Å². The molecule has 0 atom stereocenters. The minimum atomic E-state index is -0.518. The zero-order valence-electron chi connectivity index (χ0n) is 22.2. The van der Waals surface area contributed by atoms with Crippen LogP contribution >= 0.6 is 0 Å². The molecule has 0 saturated heterocycles. The number of hydrogen-bond acceptors (Lipinski definition) is 7. The maximum atomic E-state index is 13.5. The number of aromatic nitrogens is 2. The van der Waals surface area contributed by atoms with Gasteiger partial charge in [0.2, 0.25) is 11.8 Å². The van der Waals surface area contributed by atoms with Crippen LogP contribution in [-0.4, -0.2) is 48.2 Å². The standard InChI is InChI=1S/C30H33N5O3/c1-22-9-8-10-23(2)28(22)35(21-24-11-6-5-7-12-24)30(36)38-27-17-18-31-29(33-27)32-25-13-15-26(16-14-25)37-20-19-34(3)4/h5-18H,19-21H2,1-4H3,(H,31,32,33). The number of aryl methyl sites for hydroxylation is 2. The zero-order valence-corrected chi connectivity index (χ0v) is 22.2. The van der Waals surface area contributed by atoms with Crippen LogP contribution in [0.25, 0.3) is 0 Å². The molecule has 0 saturated carbocycles. The normalized spacial score (nSPS) is 10.8. The topological polar surface area (TPSA) is 79.8 Å². The largest absolute Gasteiger partial charge is 0.492 e. The maximum Gasteiger partial charge on any atom is 0.421 e. The van der Waals surface area contributed by atoms with Crippen LogP contribution in [0.3, 0.4) is 0 Å². The number of rotatable bonds is 10. The molecular weight excluding hydrogens is 478 g/mol. The number of ether oxygens (including phenoxy) is 2. The van der Waals surface area contributed by atoms with Gasteiger partial charge in [-0.25, -0.2) is 9.78 Å². The molecule has 0 aliphatic heterocycles. The van der Waals surface area contributed by atoms with Gasteiger partial charge in [-0.15, -0.1) is 0 Å². The van der Waals surface area contributed by atoms with Crippen molar-refractivity contribution in [2.45, 2.75) is 20.4 Å². The smallest absolute Gasteiger partial charge is 0.421 e. The second-order valence-electron chi connectivity index (χ2n) is 9.20. The van der Waals surface area contributed by atoms with E-state index >= 15 is 0 Å². The van der Waals surface area contributed by atoms with Gasteiger partial charge in [-0.05, 0) is 68.9 Å². The quantitative estimate of drug-likeness (QED) is 0.280. The fourth-order valence-corrected chi connectivity index (χ4v) is 3.95. The van der Waals surface area contributed by atoms with Crippen LogP contribution in [0, 0.1) is 13.8 Å². The SMILES string of the molecule is Cc1cccc(C)c1N(Cc1ccccc1)C(=O)Oc1ccnc(Nc2ccc(OCCN(C)C)cc2)n1. The van der Waals surface area contributed by atoms with Crippen molar-refractivity contribution in [3.8, 4) is 11.6 Å². The predicted molar refractivity (Wildman–Crippen MR) is 150 cm³/mol. The van der Waals surface area contributed by atoms with Gasteiger partial charge in [0.1, 0.15) is 12.4 Å². The van der Waals surface area contributed by atoms with Gasteiger partial charge in [-0.3, -0.25) is 4.90 Å². The predicted octanol–water partition coefficient (Wildman–Crippen LogP) is 5.98. The Morgan fingerprint density at radius 2 is 1.61 bits per heavy atom. The third kappa shape index (κ3) is 7.30. The Morgan fingerprint density at radius 1 is 0.895 bits per heavy atom. The number of hydrogen-bond donors (Lipinski definition) is 1. The van der Waals surface area contributed by atoms with E-state index in [1.54, 1.807) is 17.2 Å². The molecule has 4 rings (SSSR count). The highest BCUT2D eigenvalue weighted by molar-refractivity contribution is 5.91. The van der Waals surface area contributed by atoms with E-state index in [0.717, 1.165) is 40.4 Å². The van der Waals surface area contributed by atoms with Crippen LogP contribution in [0.2, 0.25) is 0 Å². The van der Waals surface area contributed by atoms with E-state index in [2.05, 4.69) is 20.2 Å². The van der Waals surface area contributed by atoms with E-state index in [4.69, 9.17) is 9.47 Å². The summed E-state index contributed by atoms with van der Waals surface area (Å²) in [5.41, 5.74) is 4.57. The summed E-state index contributed by atoms with van der Waals surface area (Å²) in [7, 11) is 4.01. The molecule has 38 heavy (non-hydrogen) atoms. The average Bonchev–Trinajstić information content (AvgIpc) is 2.89. The molecule has 4 aromatic rings. The van der Waals surface area contributed by atoms with Crippen LogP contribution in [-0.2, 0) is 6.54 Å². The lowest BCUT2D eigenvalue weighted by Gasteiger charge is -2.25. The first-order chi connectivity index (χ1) is 18.4. The first-order valence-electron chi connectivity index (χ1n) is 12.5. The summed E-state index contributed by atoms with van der Waals surface area (Å²) < 4.78 is 11.5. The highest BCUT2D eigenvalue weighted by Crippen LogP contribution is 2.28. The van der Waals surface area contributed by atoms with Gasteiger partial charge in [-0.1, -0.05) is 48.5 Å². The monoisotopic (exact) mass is 511 g/mol. The van der Waals surface area contributed by atoms with Crippen molar-refractivity contribution >= 4 is 23.4 Å². The lowest BCUT2D eigenvalue weighted by atomic mass is 10.1. The van der Waals surface area contributed by atoms with Crippen molar-refractivity contribution < 1.29 is 14.3 Å². The van der Waals surface area contributed by atoms with Crippen molar-refractivity contribution in [2.75, 3.05) is 37.5 Å². The van der Waals surface area contributed by atoms with E-state index in [1.165, 1.54) is 0 Å². The van der Waals surface area contributed by atoms with Gasteiger partial charge < -0.3 is 19.7 Å². The van der Waals surface area contributed by atoms with Crippen LogP contribution in [0.1, 0.15) is 16.7 Å². The Hall–Kier alpha value is -4.43. The van der Waals surface area contributed by atoms with Gasteiger partial charge in [0.25, 0.3) is 0 Å². The molecule has 1 N–H and O–H groups in total. The van der Waals surface area contributed by atoms with Gasteiger partial charge in [0, 0.05) is 24.5 Å². The van der Waals surface area contributed by atoms with Gasteiger partial charge >= 0.3 is 6.09 Å². The Kier molecular flexibility index (Phi) is 8.89. The highest BCUT2D eigenvalue weighted by atomic mass is 16.6. The van der Waals surface area contributed by atoms with Gasteiger partial charge in [-0.2, -0.15) is 4.98 Å². The van der Waals surface area contributed by atoms with Crippen molar-refractivity contribution in [1.29, 1.82) is 0 Å². The second-order valence-corrected chi connectivity index (χ2v) is 9.20. The lowest BCUT2D eigenvalue weighted by molar-refractivity contribution is 0.205. The van der Waals surface area contributed by atoms with Gasteiger partial charge in [0.15, 0.2) is 0 Å². The summed E-state index contributed by atoms with van der Waals surface area (Å²) in [5.74, 6) is 1.25. The molecule has 1 heterocycles. The van der Waals surface area contributed by atoms with E-state index in [-0.39, 0.29) is 5.88 Å².